The van der Waals surface area contributed by atoms with Gasteiger partial charge in [-0.3, -0.25) is 0 Å². The fraction of sp³-hybridized carbons (Fsp3) is 0.333. The Kier molecular flexibility index (Phi) is 4.41. The zero-order valence-electron chi connectivity index (χ0n) is 15.0. The van der Waals surface area contributed by atoms with E-state index in [4.69, 9.17) is 4.99 Å². The number of carboxylic acids is 1. The van der Waals surface area contributed by atoms with Crippen LogP contribution < -0.4 is 4.80 Å². The fourth-order valence-electron chi connectivity index (χ4n) is 3.35. The fourth-order valence-corrected chi connectivity index (χ4v) is 4.20. The van der Waals surface area contributed by atoms with E-state index in [2.05, 4.69) is 44.2 Å². The molecule has 1 aromatic heterocycles. The molecule has 0 radical (unpaired) electrons. The lowest BCUT2D eigenvalue weighted by molar-refractivity contribution is 0.0701. The molecule has 0 saturated heterocycles. The molecule has 2 aromatic carbocycles. The number of benzene rings is 2. The molecule has 1 N–H and O–H groups in total. The van der Waals surface area contributed by atoms with Crippen LogP contribution in [0.5, 0.6) is 0 Å². The first-order valence-corrected chi connectivity index (χ1v) is 9.84. The second kappa shape index (κ2) is 6.72. The molecule has 1 aliphatic rings. The second-order valence-electron chi connectivity index (χ2n) is 7.33. The lowest BCUT2D eigenvalue weighted by Crippen LogP contribution is -2.16. The highest BCUT2D eigenvalue weighted by Crippen LogP contribution is 2.44. The van der Waals surface area contributed by atoms with Crippen molar-refractivity contribution in [1.82, 2.24) is 4.57 Å². The highest BCUT2D eigenvalue weighted by atomic mass is 32.1. The van der Waals surface area contributed by atoms with Gasteiger partial charge in [0.2, 0.25) is 0 Å². The summed E-state index contributed by atoms with van der Waals surface area (Å²) in [5.74, 6) is 0.197. The van der Waals surface area contributed by atoms with Crippen LogP contribution in [-0.2, 0) is 6.54 Å². The van der Waals surface area contributed by atoms with E-state index in [1.807, 2.05) is 10.6 Å². The number of carboxylic acid groups (broad SMARTS) is 1. The van der Waals surface area contributed by atoms with Gasteiger partial charge in [0.05, 0.1) is 5.69 Å². The quantitative estimate of drug-likeness (QED) is 0.677. The van der Waals surface area contributed by atoms with Gasteiger partial charge in [0.25, 0.3) is 0 Å². The van der Waals surface area contributed by atoms with Crippen LogP contribution in [0.3, 0.4) is 0 Å². The Bertz CT molecular complexity index is 1040. The minimum atomic E-state index is -0.900. The summed E-state index contributed by atoms with van der Waals surface area (Å²) < 4.78 is 1.96. The number of hydrogen-bond acceptors (Lipinski definition) is 3. The molecule has 0 atom stereocenters. The summed E-state index contributed by atoms with van der Waals surface area (Å²) >= 11 is 1.23. The van der Waals surface area contributed by atoms with Crippen LogP contribution in [0.25, 0.3) is 10.8 Å². The van der Waals surface area contributed by atoms with Crippen LogP contribution in [0.1, 0.15) is 47.8 Å². The van der Waals surface area contributed by atoms with Crippen molar-refractivity contribution >= 4 is 33.8 Å². The number of aromatic carboxylic acids is 1. The third-order valence-electron chi connectivity index (χ3n) is 4.66. The monoisotopic (exact) mass is 366 g/mol. The van der Waals surface area contributed by atoms with Gasteiger partial charge in [-0.05, 0) is 41.7 Å². The number of fused-ring (bicyclic) bond motifs is 1. The van der Waals surface area contributed by atoms with E-state index in [1.54, 1.807) is 6.20 Å². The predicted octanol–water partition coefficient (Wildman–Crippen LogP) is 5.17. The summed E-state index contributed by atoms with van der Waals surface area (Å²) in [5, 5.41) is 11.8. The number of hydrogen-bond donors (Lipinski definition) is 1. The van der Waals surface area contributed by atoms with E-state index >= 15 is 0 Å². The Labute approximate surface area is 156 Å². The van der Waals surface area contributed by atoms with Crippen molar-refractivity contribution in [3.8, 4) is 0 Å². The highest BCUT2D eigenvalue weighted by Gasteiger charge is 2.25. The van der Waals surface area contributed by atoms with Crippen LogP contribution in [0.2, 0.25) is 0 Å². The summed E-state index contributed by atoms with van der Waals surface area (Å²) in [4.78, 5) is 17.3. The lowest BCUT2D eigenvalue weighted by Gasteiger charge is -2.09. The van der Waals surface area contributed by atoms with Crippen molar-refractivity contribution in [2.24, 2.45) is 10.9 Å². The van der Waals surface area contributed by atoms with Crippen LogP contribution in [0, 0.1) is 5.92 Å². The second-order valence-corrected chi connectivity index (χ2v) is 8.34. The SMILES string of the molecule is CC(C)Cn1cc(C(=O)O)sc1=Nc1ccc(C2CC2)c2ccccc12. The van der Waals surface area contributed by atoms with E-state index in [-0.39, 0.29) is 0 Å². The Balaban J connectivity index is 1.89. The molecule has 1 fully saturated rings. The molecule has 4 rings (SSSR count). The van der Waals surface area contributed by atoms with Crippen molar-refractivity contribution < 1.29 is 9.90 Å². The molecule has 0 aliphatic heterocycles. The maximum absolute atomic E-state index is 11.4. The van der Waals surface area contributed by atoms with Gasteiger partial charge in [0.1, 0.15) is 4.88 Å². The average molecular weight is 366 g/mol. The molecule has 5 heteroatoms. The minimum Gasteiger partial charge on any atom is -0.477 e. The van der Waals surface area contributed by atoms with Crippen molar-refractivity contribution in [2.45, 2.75) is 39.2 Å². The largest absolute Gasteiger partial charge is 0.477 e. The Morgan fingerprint density at radius 2 is 1.96 bits per heavy atom. The first kappa shape index (κ1) is 17.0. The molecule has 3 aromatic rings. The van der Waals surface area contributed by atoms with Gasteiger partial charge in [0.15, 0.2) is 4.80 Å². The third-order valence-corrected chi connectivity index (χ3v) is 5.67. The number of thiazole rings is 1. The van der Waals surface area contributed by atoms with Gasteiger partial charge in [-0.1, -0.05) is 55.5 Å². The normalized spacial score (nSPS) is 15.1. The van der Waals surface area contributed by atoms with Crippen LogP contribution in [0.4, 0.5) is 5.69 Å². The topological polar surface area (TPSA) is 54.6 Å². The van der Waals surface area contributed by atoms with Crippen LogP contribution in [-0.4, -0.2) is 15.6 Å². The van der Waals surface area contributed by atoms with Crippen molar-refractivity contribution in [3.63, 3.8) is 0 Å². The van der Waals surface area contributed by atoms with Gasteiger partial charge in [-0.25, -0.2) is 9.79 Å². The van der Waals surface area contributed by atoms with Gasteiger partial charge >= 0.3 is 5.97 Å². The Morgan fingerprint density at radius 3 is 2.62 bits per heavy atom. The van der Waals surface area contributed by atoms with Gasteiger partial charge < -0.3 is 9.67 Å². The first-order chi connectivity index (χ1) is 12.5. The summed E-state index contributed by atoms with van der Waals surface area (Å²) in [7, 11) is 0. The molecule has 0 bridgehead atoms. The predicted molar refractivity (Wildman–Crippen MR) is 105 cm³/mol. The first-order valence-electron chi connectivity index (χ1n) is 9.03. The molecule has 1 heterocycles. The van der Waals surface area contributed by atoms with E-state index in [0.717, 1.165) is 22.4 Å². The smallest absolute Gasteiger partial charge is 0.347 e. The molecule has 0 spiro atoms. The van der Waals surface area contributed by atoms with Gasteiger partial charge in [0, 0.05) is 18.1 Å². The van der Waals surface area contributed by atoms with E-state index in [9.17, 15) is 9.90 Å². The number of aromatic nitrogens is 1. The van der Waals surface area contributed by atoms with Crippen LogP contribution >= 0.6 is 11.3 Å². The van der Waals surface area contributed by atoms with Crippen molar-refractivity contribution in [2.75, 3.05) is 0 Å². The lowest BCUT2D eigenvalue weighted by atomic mass is 10.00. The zero-order chi connectivity index (χ0) is 18.3. The summed E-state index contributed by atoms with van der Waals surface area (Å²) in [5.41, 5.74) is 2.31. The Hall–Kier alpha value is -2.40. The molecule has 0 amide bonds. The maximum Gasteiger partial charge on any atom is 0.347 e. The molecule has 4 nitrogen and oxygen atoms in total. The zero-order valence-corrected chi connectivity index (χ0v) is 15.8. The highest BCUT2D eigenvalue weighted by molar-refractivity contribution is 7.11. The summed E-state index contributed by atoms with van der Waals surface area (Å²) in [6.07, 6.45) is 4.23. The summed E-state index contributed by atoms with van der Waals surface area (Å²) in [6.45, 7) is 4.99. The van der Waals surface area contributed by atoms with Gasteiger partial charge in [-0.15, -0.1) is 0 Å². The number of rotatable bonds is 5. The molecule has 26 heavy (non-hydrogen) atoms. The molecule has 1 saturated carbocycles. The van der Waals surface area contributed by atoms with Gasteiger partial charge in [-0.2, -0.15) is 0 Å². The third kappa shape index (κ3) is 3.31. The number of carbonyl (C=O) groups is 1. The standard InChI is InChI=1S/C21H22N2O2S/c1-13(2)11-23-12-19(20(24)25)26-21(23)22-18-10-9-15(14-7-8-14)16-5-3-4-6-17(16)18/h3-6,9-10,12-14H,7-8,11H2,1-2H3,(H,24,25). The molecule has 134 valence electrons. The minimum absolute atomic E-state index is 0.323. The van der Waals surface area contributed by atoms with E-state index in [1.165, 1.54) is 35.1 Å². The van der Waals surface area contributed by atoms with E-state index in [0.29, 0.717) is 16.7 Å². The molecule has 1 aliphatic carbocycles. The van der Waals surface area contributed by atoms with Crippen LogP contribution in [0.15, 0.2) is 47.6 Å². The average Bonchev–Trinajstić information content (AvgIpc) is 3.37. The Morgan fingerprint density at radius 1 is 1.23 bits per heavy atom. The molecular weight excluding hydrogens is 344 g/mol. The molecular formula is C21H22N2O2S. The van der Waals surface area contributed by atoms with E-state index < -0.39 is 5.97 Å². The maximum atomic E-state index is 11.4. The summed E-state index contributed by atoms with van der Waals surface area (Å²) in [6, 6.07) is 12.7. The van der Waals surface area contributed by atoms with Crippen molar-refractivity contribution in [1.29, 1.82) is 0 Å². The van der Waals surface area contributed by atoms with Crippen molar-refractivity contribution in [3.05, 3.63) is 57.8 Å². The number of nitrogens with zero attached hydrogens (tertiary/aromatic N) is 2. The molecule has 0 unspecified atom stereocenters.